The summed E-state index contributed by atoms with van der Waals surface area (Å²) in [7, 11) is 0. The first-order valence-corrected chi connectivity index (χ1v) is 6.84. The van der Waals surface area contributed by atoms with E-state index in [2.05, 4.69) is 15.2 Å². The van der Waals surface area contributed by atoms with Crippen LogP contribution in [0, 0.1) is 0 Å². The number of nitrogens with one attached hydrogen (secondary N) is 1. The Kier molecular flexibility index (Phi) is 5.58. The van der Waals surface area contributed by atoms with Gasteiger partial charge in [0.1, 0.15) is 0 Å². The summed E-state index contributed by atoms with van der Waals surface area (Å²) in [5.74, 6) is 0. The van der Waals surface area contributed by atoms with Gasteiger partial charge in [-0.1, -0.05) is 0 Å². The van der Waals surface area contributed by atoms with Crippen LogP contribution in [-0.2, 0) is 6.42 Å². The first-order chi connectivity index (χ1) is 8.84. The molecule has 0 aliphatic carbocycles. The molecule has 2 rings (SSSR count). The molecule has 0 saturated carbocycles. The minimum absolute atomic E-state index is 0.249. The molecule has 2 N–H and O–H groups in total. The van der Waals surface area contributed by atoms with Gasteiger partial charge >= 0.3 is 0 Å². The number of hydrogen-bond acceptors (Lipinski definition) is 4. The van der Waals surface area contributed by atoms with E-state index < -0.39 is 0 Å². The number of nitrogens with zero attached hydrogens (tertiary/aromatic N) is 2. The van der Waals surface area contributed by atoms with Crippen molar-refractivity contribution in [2.75, 3.05) is 32.7 Å². The molecule has 0 spiro atoms. The SMILES string of the molecule is OC(CNCCc1ccncc1)CN1CCCC1. The van der Waals surface area contributed by atoms with Gasteiger partial charge in [0.05, 0.1) is 6.10 Å². The van der Waals surface area contributed by atoms with Crippen molar-refractivity contribution in [3.8, 4) is 0 Å². The monoisotopic (exact) mass is 249 g/mol. The molecule has 1 atom stereocenters. The van der Waals surface area contributed by atoms with Crippen LogP contribution in [0.5, 0.6) is 0 Å². The Morgan fingerprint density at radius 3 is 2.72 bits per heavy atom. The van der Waals surface area contributed by atoms with E-state index in [1.165, 1.54) is 18.4 Å². The summed E-state index contributed by atoms with van der Waals surface area (Å²) in [6, 6.07) is 4.06. The van der Waals surface area contributed by atoms with E-state index in [1.54, 1.807) is 0 Å². The van der Waals surface area contributed by atoms with Gasteiger partial charge < -0.3 is 15.3 Å². The summed E-state index contributed by atoms with van der Waals surface area (Å²) in [6.07, 6.45) is 6.93. The standard InChI is InChI=1S/C14H23N3O/c18-14(12-17-9-1-2-10-17)11-16-8-5-13-3-6-15-7-4-13/h3-4,6-7,14,16,18H,1-2,5,8-12H2. The molecule has 1 aliphatic rings. The van der Waals surface area contributed by atoms with Gasteiger partial charge in [-0.15, -0.1) is 0 Å². The van der Waals surface area contributed by atoms with Crippen LogP contribution in [0.2, 0.25) is 0 Å². The fraction of sp³-hybridized carbons (Fsp3) is 0.643. The van der Waals surface area contributed by atoms with Crippen molar-refractivity contribution >= 4 is 0 Å². The van der Waals surface area contributed by atoms with E-state index >= 15 is 0 Å². The number of aliphatic hydroxyl groups is 1. The second-order valence-electron chi connectivity index (χ2n) is 4.97. The largest absolute Gasteiger partial charge is 0.390 e. The zero-order chi connectivity index (χ0) is 12.6. The van der Waals surface area contributed by atoms with Crippen molar-refractivity contribution in [2.24, 2.45) is 0 Å². The van der Waals surface area contributed by atoms with Crippen LogP contribution >= 0.6 is 0 Å². The normalized spacial score (nSPS) is 18.1. The highest BCUT2D eigenvalue weighted by Gasteiger charge is 2.15. The van der Waals surface area contributed by atoms with Gasteiger partial charge in [0.25, 0.3) is 0 Å². The summed E-state index contributed by atoms with van der Waals surface area (Å²) >= 11 is 0. The van der Waals surface area contributed by atoms with Gasteiger partial charge in [-0.2, -0.15) is 0 Å². The summed E-state index contributed by atoms with van der Waals surface area (Å²) in [6.45, 7) is 4.69. The maximum Gasteiger partial charge on any atom is 0.0791 e. The van der Waals surface area contributed by atoms with Crippen LogP contribution < -0.4 is 5.32 Å². The van der Waals surface area contributed by atoms with Crippen LogP contribution in [0.1, 0.15) is 18.4 Å². The van der Waals surface area contributed by atoms with Crippen molar-refractivity contribution in [3.05, 3.63) is 30.1 Å². The second kappa shape index (κ2) is 7.46. The molecule has 1 aromatic heterocycles. The molecule has 0 radical (unpaired) electrons. The fourth-order valence-electron chi connectivity index (χ4n) is 2.38. The Morgan fingerprint density at radius 2 is 2.00 bits per heavy atom. The second-order valence-corrected chi connectivity index (χ2v) is 4.97. The number of likely N-dealkylation sites (tertiary alicyclic amines) is 1. The third-order valence-corrected chi connectivity index (χ3v) is 3.39. The molecule has 1 aromatic rings. The number of β-amino-alcohol motifs (C(OH)–C–C–N with tert-alkyl or cyclic N) is 1. The summed E-state index contributed by atoms with van der Waals surface area (Å²) < 4.78 is 0. The molecule has 4 heteroatoms. The molecule has 1 aliphatic heterocycles. The summed E-state index contributed by atoms with van der Waals surface area (Å²) in [5.41, 5.74) is 1.28. The van der Waals surface area contributed by atoms with Crippen molar-refractivity contribution in [3.63, 3.8) is 0 Å². The Morgan fingerprint density at radius 1 is 1.28 bits per heavy atom. The lowest BCUT2D eigenvalue weighted by Gasteiger charge is -2.19. The molecule has 4 nitrogen and oxygen atoms in total. The number of aromatic nitrogens is 1. The molecule has 0 amide bonds. The number of rotatable bonds is 7. The molecule has 0 aromatic carbocycles. The van der Waals surface area contributed by atoms with E-state index in [0.717, 1.165) is 32.6 Å². The predicted molar refractivity (Wildman–Crippen MR) is 72.5 cm³/mol. The predicted octanol–water partition coefficient (Wildman–Crippen LogP) is 0.670. The average molecular weight is 249 g/mol. The van der Waals surface area contributed by atoms with Crippen molar-refractivity contribution in [2.45, 2.75) is 25.4 Å². The lowest BCUT2D eigenvalue weighted by Crippen LogP contribution is -2.37. The minimum atomic E-state index is -0.249. The molecule has 0 bridgehead atoms. The van der Waals surface area contributed by atoms with Crippen LogP contribution in [0.15, 0.2) is 24.5 Å². The Hall–Kier alpha value is -0.970. The third kappa shape index (κ3) is 4.72. The van der Waals surface area contributed by atoms with E-state index in [1.807, 2.05) is 24.5 Å². The Bertz CT molecular complexity index is 325. The lowest BCUT2D eigenvalue weighted by atomic mass is 10.2. The molecular formula is C14H23N3O. The molecule has 100 valence electrons. The fourth-order valence-corrected chi connectivity index (χ4v) is 2.38. The number of hydrogen-bond donors (Lipinski definition) is 2. The highest BCUT2D eigenvalue weighted by molar-refractivity contribution is 5.09. The molecule has 2 heterocycles. The average Bonchev–Trinajstić information content (AvgIpc) is 2.89. The van der Waals surface area contributed by atoms with Gasteiger partial charge in [0.2, 0.25) is 0 Å². The summed E-state index contributed by atoms with van der Waals surface area (Å²) in [4.78, 5) is 6.34. The number of aliphatic hydroxyl groups excluding tert-OH is 1. The molecule has 1 unspecified atom stereocenters. The first-order valence-electron chi connectivity index (χ1n) is 6.84. The van der Waals surface area contributed by atoms with Crippen LogP contribution in [0.3, 0.4) is 0 Å². The van der Waals surface area contributed by atoms with Gasteiger partial charge in [-0.3, -0.25) is 4.98 Å². The molecule has 18 heavy (non-hydrogen) atoms. The molecule has 1 fully saturated rings. The third-order valence-electron chi connectivity index (χ3n) is 3.39. The van der Waals surface area contributed by atoms with E-state index in [9.17, 15) is 5.11 Å². The maximum atomic E-state index is 9.89. The van der Waals surface area contributed by atoms with Crippen molar-refractivity contribution < 1.29 is 5.11 Å². The van der Waals surface area contributed by atoms with Gasteiger partial charge in [0, 0.05) is 25.5 Å². The zero-order valence-corrected chi connectivity index (χ0v) is 10.9. The van der Waals surface area contributed by atoms with Crippen LogP contribution in [0.4, 0.5) is 0 Å². The highest BCUT2D eigenvalue weighted by atomic mass is 16.3. The first kappa shape index (κ1) is 13.5. The quantitative estimate of drug-likeness (QED) is 0.697. The highest BCUT2D eigenvalue weighted by Crippen LogP contribution is 2.07. The van der Waals surface area contributed by atoms with E-state index in [4.69, 9.17) is 0 Å². The minimum Gasteiger partial charge on any atom is -0.390 e. The maximum absolute atomic E-state index is 9.89. The smallest absolute Gasteiger partial charge is 0.0791 e. The summed E-state index contributed by atoms with van der Waals surface area (Å²) in [5, 5.41) is 13.2. The molecule has 1 saturated heterocycles. The van der Waals surface area contributed by atoms with Crippen LogP contribution in [-0.4, -0.2) is 53.8 Å². The Labute approximate surface area is 109 Å². The number of pyridine rings is 1. The van der Waals surface area contributed by atoms with Gasteiger partial charge in [-0.25, -0.2) is 0 Å². The van der Waals surface area contributed by atoms with Gasteiger partial charge in [-0.05, 0) is 56.6 Å². The molecular weight excluding hydrogens is 226 g/mol. The van der Waals surface area contributed by atoms with Crippen molar-refractivity contribution in [1.82, 2.24) is 15.2 Å². The van der Waals surface area contributed by atoms with Gasteiger partial charge in [0.15, 0.2) is 0 Å². The lowest BCUT2D eigenvalue weighted by molar-refractivity contribution is 0.124. The zero-order valence-electron chi connectivity index (χ0n) is 10.9. The Balaban J connectivity index is 1.54. The van der Waals surface area contributed by atoms with Crippen LogP contribution in [0.25, 0.3) is 0 Å². The van der Waals surface area contributed by atoms with Crippen molar-refractivity contribution in [1.29, 1.82) is 0 Å². The topological polar surface area (TPSA) is 48.4 Å². The van der Waals surface area contributed by atoms with E-state index in [0.29, 0.717) is 6.54 Å². The van der Waals surface area contributed by atoms with E-state index in [-0.39, 0.29) is 6.10 Å².